The summed E-state index contributed by atoms with van der Waals surface area (Å²) in [5.74, 6) is 0.621. The molecule has 0 saturated carbocycles. The lowest BCUT2D eigenvalue weighted by atomic mass is 10.1. The molecular formula is C17H15N7O3. The Morgan fingerprint density at radius 3 is 2.89 bits per heavy atom. The average Bonchev–Trinajstić information content (AvgIpc) is 3.27. The smallest absolute Gasteiger partial charge is 0.409 e. The van der Waals surface area contributed by atoms with Crippen LogP contribution in [0.4, 0.5) is 16.4 Å². The van der Waals surface area contributed by atoms with Crippen LogP contribution in [-0.2, 0) is 6.54 Å². The Balaban J connectivity index is 1.71. The van der Waals surface area contributed by atoms with Crippen molar-refractivity contribution < 1.29 is 14.3 Å². The number of furan rings is 1. The van der Waals surface area contributed by atoms with Gasteiger partial charge in [-0.1, -0.05) is 17.3 Å². The van der Waals surface area contributed by atoms with E-state index in [0.29, 0.717) is 34.9 Å². The van der Waals surface area contributed by atoms with Crippen LogP contribution >= 0.6 is 0 Å². The van der Waals surface area contributed by atoms with Crippen LogP contribution in [0.15, 0.2) is 41.0 Å². The Morgan fingerprint density at radius 2 is 2.19 bits per heavy atom. The molecule has 10 nitrogen and oxygen atoms in total. The minimum Gasteiger partial charge on any atom is -0.465 e. The number of rotatable bonds is 4. The molecule has 0 fully saturated rings. The van der Waals surface area contributed by atoms with Crippen LogP contribution in [0.3, 0.4) is 0 Å². The van der Waals surface area contributed by atoms with E-state index in [2.05, 4.69) is 25.6 Å². The number of benzene rings is 1. The number of fused-ring (bicyclic) bond motifs is 1. The molecule has 4 aromatic rings. The third-order valence-electron chi connectivity index (χ3n) is 4.00. The van der Waals surface area contributed by atoms with E-state index < -0.39 is 6.09 Å². The molecule has 1 aromatic carbocycles. The number of hydrogen-bond donors (Lipinski definition) is 3. The fourth-order valence-corrected chi connectivity index (χ4v) is 2.82. The summed E-state index contributed by atoms with van der Waals surface area (Å²) in [6.45, 7) is 2.21. The second-order valence-electron chi connectivity index (χ2n) is 5.91. The van der Waals surface area contributed by atoms with E-state index in [9.17, 15) is 4.79 Å². The highest BCUT2D eigenvalue weighted by molar-refractivity contribution is 5.86. The zero-order chi connectivity index (χ0) is 19.0. The van der Waals surface area contributed by atoms with Crippen LogP contribution in [-0.4, -0.2) is 36.2 Å². The molecule has 0 aliphatic heterocycles. The highest BCUT2D eigenvalue weighted by Crippen LogP contribution is 2.26. The van der Waals surface area contributed by atoms with E-state index in [1.807, 2.05) is 19.1 Å². The van der Waals surface area contributed by atoms with Gasteiger partial charge in [-0.25, -0.2) is 14.5 Å². The SMILES string of the molecule is Cc1cc(Cn2nnc3c(-c4ccco4)nc(N)nc32)ccc1NC(=O)O. The summed E-state index contributed by atoms with van der Waals surface area (Å²) >= 11 is 0. The van der Waals surface area contributed by atoms with Gasteiger partial charge in [0, 0.05) is 5.69 Å². The normalized spacial score (nSPS) is 11.0. The maximum absolute atomic E-state index is 10.8. The van der Waals surface area contributed by atoms with Gasteiger partial charge in [0.25, 0.3) is 0 Å². The molecule has 0 aliphatic rings. The summed E-state index contributed by atoms with van der Waals surface area (Å²) in [7, 11) is 0. The van der Waals surface area contributed by atoms with Gasteiger partial charge in [-0.15, -0.1) is 5.10 Å². The Hall–Kier alpha value is -3.95. The van der Waals surface area contributed by atoms with Crippen molar-refractivity contribution in [1.82, 2.24) is 25.0 Å². The average molecular weight is 365 g/mol. The molecule has 0 spiro atoms. The van der Waals surface area contributed by atoms with Gasteiger partial charge in [-0.05, 0) is 36.2 Å². The lowest BCUT2D eigenvalue weighted by Crippen LogP contribution is -2.09. The van der Waals surface area contributed by atoms with Gasteiger partial charge in [-0.3, -0.25) is 5.32 Å². The lowest BCUT2D eigenvalue weighted by Gasteiger charge is -2.08. The maximum atomic E-state index is 10.8. The fourth-order valence-electron chi connectivity index (χ4n) is 2.82. The highest BCUT2D eigenvalue weighted by atomic mass is 16.4. The topological polar surface area (TPSA) is 145 Å². The molecule has 4 rings (SSSR count). The van der Waals surface area contributed by atoms with Gasteiger partial charge in [-0.2, -0.15) is 4.98 Å². The second-order valence-corrected chi connectivity index (χ2v) is 5.91. The van der Waals surface area contributed by atoms with Gasteiger partial charge in [0.2, 0.25) is 5.95 Å². The molecular weight excluding hydrogens is 350 g/mol. The zero-order valence-electron chi connectivity index (χ0n) is 14.2. The van der Waals surface area contributed by atoms with Crippen LogP contribution in [0.5, 0.6) is 0 Å². The van der Waals surface area contributed by atoms with Crippen LogP contribution in [0.25, 0.3) is 22.6 Å². The van der Waals surface area contributed by atoms with Crippen LogP contribution in [0, 0.1) is 6.92 Å². The highest BCUT2D eigenvalue weighted by Gasteiger charge is 2.17. The van der Waals surface area contributed by atoms with E-state index in [-0.39, 0.29) is 5.95 Å². The van der Waals surface area contributed by atoms with Crippen molar-refractivity contribution in [2.45, 2.75) is 13.5 Å². The summed E-state index contributed by atoms with van der Waals surface area (Å²) in [6, 6.07) is 8.90. The minimum atomic E-state index is -1.11. The van der Waals surface area contributed by atoms with Crippen molar-refractivity contribution in [3.8, 4) is 11.5 Å². The predicted octanol–water partition coefficient (Wildman–Crippen LogP) is 2.51. The maximum Gasteiger partial charge on any atom is 0.409 e. The number of nitrogens with one attached hydrogen (secondary N) is 1. The monoisotopic (exact) mass is 365 g/mol. The molecule has 0 saturated heterocycles. The number of amides is 1. The van der Waals surface area contributed by atoms with Crippen molar-refractivity contribution in [2.75, 3.05) is 11.1 Å². The molecule has 0 bridgehead atoms. The standard InChI is InChI=1S/C17H15N7O3/c1-9-7-10(4-5-11(9)19-17(25)26)8-24-15-14(22-23-24)13(20-16(18)21-15)12-3-2-6-27-12/h2-7,19H,8H2,1H3,(H,25,26)(H2,18,20,21). The fraction of sp³-hybridized carbons (Fsp3) is 0.118. The van der Waals surface area contributed by atoms with Gasteiger partial charge < -0.3 is 15.3 Å². The number of anilines is 2. The van der Waals surface area contributed by atoms with Gasteiger partial charge in [0.1, 0.15) is 5.69 Å². The number of nitrogen functional groups attached to an aromatic ring is 1. The third kappa shape index (κ3) is 3.15. The van der Waals surface area contributed by atoms with Crippen molar-refractivity contribution in [1.29, 1.82) is 0 Å². The summed E-state index contributed by atoms with van der Waals surface area (Å²) in [5.41, 5.74) is 9.53. The number of aromatic nitrogens is 5. The molecule has 0 radical (unpaired) electrons. The molecule has 4 N–H and O–H groups in total. The van der Waals surface area contributed by atoms with Crippen LogP contribution in [0.2, 0.25) is 0 Å². The molecule has 0 atom stereocenters. The van der Waals surface area contributed by atoms with Gasteiger partial charge in [0.05, 0.1) is 12.8 Å². The number of carboxylic acid groups (broad SMARTS) is 1. The Bertz CT molecular complexity index is 1140. The first kappa shape index (κ1) is 16.5. The summed E-state index contributed by atoms with van der Waals surface area (Å²) < 4.78 is 7.00. The third-order valence-corrected chi connectivity index (χ3v) is 4.00. The molecule has 0 aliphatic carbocycles. The van der Waals surface area contributed by atoms with E-state index in [1.54, 1.807) is 29.1 Å². The Labute approximate surface area is 152 Å². The molecule has 136 valence electrons. The summed E-state index contributed by atoms with van der Waals surface area (Å²) in [4.78, 5) is 19.3. The molecule has 0 unspecified atom stereocenters. The second kappa shape index (κ2) is 6.41. The molecule has 27 heavy (non-hydrogen) atoms. The molecule has 3 heterocycles. The molecule has 3 aromatic heterocycles. The van der Waals surface area contributed by atoms with Crippen molar-refractivity contribution in [3.63, 3.8) is 0 Å². The van der Waals surface area contributed by atoms with Crippen molar-refractivity contribution in [3.05, 3.63) is 47.7 Å². The van der Waals surface area contributed by atoms with E-state index in [4.69, 9.17) is 15.3 Å². The first-order valence-corrected chi connectivity index (χ1v) is 8.01. The van der Waals surface area contributed by atoms with Gasteiger partial charge >= 0.3 is 6.09 Å². The van der Waals surface area contributed by atoms with Crippen molar-refractivity contribution >= 4 is 28.9 Å². The van der Waals surface area contributed by atoms with Crippen molar-refractivity contribution in [2.24, 2.45) is 0 Å². The molecule has 1 amide bonds. The zero-order valence-corrected chi connectivity index (χ0v) is 14.2. The minimum absolute atomic E-state index is 0.0923. The predicted molar refractivity (Wildman–Crippen MR) is 97.2 cm³/mol. The quantitative estimate of drug-likeness (QED) is 0.500. The molecule has 10 heteroatoms. The van der Waals surface area contributed by atoms with Crippen LogP contribution in [0.1, 0.15) is 11.1 Å². The first-order valence-electron chi connectivity index (χ1n) is 8.01. The van der Waals surface area contributed by atoms with E-state index in [1.165, 1.54) is 0 Å². The van der Waals surface area contributed by atoms with E-state index >= 15 is 0 Å². The Morgan fingerprint density at radius 1 is 1.33 bits per heavy atom. The van der Waals surface area contributed by atoms with Gasteiger partial charge in [0.15, 0.2) is 16.9 Å². The summed E-state index contributed by atoms with van der Waals surface area (Å²) in [6.07, 6.45) is 0.435. The Kier molecular flexibility index (Phi) is 3.92. The number of aryl methyl sites for hydroxylation is 1. The number of nitrogens with zero attached hydrogens (tertiary/aromatic N) is 5. The van der Waals surface area contributed by atoms with E-state index in [0.717, 1.165) is 11.1 Å². The largest absolute Gasteiger partial charge is 0.465 e. The summed E-state index contributed by atoms with van der Waals surface area (Å²) in [5, 5.41) is 19.5. The number of nitrogens with two attached hydrogens (primary N) is 1. The lowest BCUT2D eigenvalue weighted by molar-refractivity contribution is 0.209. The van der Waals surface area contributed by atoms with Crippen LogP contribution < -0.4 is 11.1 Å². The number of hydrogen-bond acceptors (Lipinski definition) is 7. The number of carbonyl (C=O) groups is 1. The first-order chi connectivity index (χ1) is 13.0.